The van der Waals surface area contributed by atoms with E-state index in [9.17, 15) is 4.79 Å². The van der Waals surface area contributed by atoms with Gasteiger partial charge in [0.15, 0.2) is 6.61 Å². The lowest BCUT2D eigenvalue weighted by Gasteiger charge is -2.11. The number of ether oxygens (including phenoxy) is 2. The topological polar surface area (TPSA) is 47.6 Å². The number of nitrogens with one attached hydrogen (secondary N) is 1. The molecule has 0 aliphatic rings. The predicted molar refractivity (Wildman–Crippen MR) is 87.6 cm³/mol. The Bertz CT molecular complexity index is 608. The van der Waals surface area contributed by atoms with Crippen LogP contribution >= 0.6 is 0 Å². The zero-order valence-electron chi connectivity index (χ0n) is 13.0. The van der Waals surface area contributed by atoms with Gasteiger partial charge < -0.3 is 14.8 Å². The van der Waals surface area contributed by atoms with Gasteiger partial charge in [0.25, 0.3) is 5.91 Å². The van der Waals surface area contributed by atoms with E-state index < -0.39 is 0 Å². The molecule has 2 aromatic rings. The van der Waals surface area contributed by atoms with Gasteiger partial charge in [-0.3, -0.25) is 4.79 Å². The van der Waals surface area contributed by atoms with E-state index in [1.807, 2.05) is 55.5 Å². The second kappa shape index (κ2) is 8.08. The molecule has 22 heavy (non-hydrogen) atoms. The molecule has 0 heterocycles. The third kappa shape index (κ3) is 4.52. The third-order valence-corrected chi connectivity index (χ3v) is 3.16. The minimum atomic E-state index is -0.185. The normalized spacial score (nSPS) is 10.1. The number of benzene rings is 2. The minimum absolute atomic E-state index is 0.00970. The Morgan fingerprint density at radius 1 is 1.00 bits per heavy atom. The third-order valence-electron chi connectivity index (χ3n) is 3.16. The van der Waals surface area contributed by atoms with Crippen LogP contribution in [-0.2, 0) is 11.2 Å². The van der Waals surface area contributed by atoms with Gasteiger partial charge in [0.05, 0.1) is 6.61 Å². The standard InChI is InChI=1S/C18H21NO3/c1-3-14-7-5-6-8-17(14)22-13-18(20)19-15-9-11-16(12-10-15)21-4-2/h5-12H,3-4,13H2,1-2H3,(H,19,20). The highest BCUT2D eigenvalue weighted by atomic mass is 16.5. The van der Waals surface area contributed by atoms with E-state index in [-0.39, 0.29) is 12.5 Å². The van der Waals surface area contributed by atoms with E-state index in [1.54, 1.807) is 0 Å². The molecule has 0 bridgehead atoms. The molecular weight excluding hydrogens is 278 g/mol. The van der Waals surface area contributed by atoms with Crippen LogP contribution in [-0.4, -0.2) is 19.1 Å². The van der Waals surface area contributed by atoms with Gasteiger partial charge in [-0.15, -0.1) is 0 Å². The van der Waals surface area contributed by atoms with Gasteiger partial charge >= 0.3 is 0 Å². The Balaban J connectivity index is 1.87. The fourth-order valence-electron chi connectivity index (χ4n) is 2.08. The van der Waals surface area contributed by atoms with Crippen LogP contribution in [0.2, 0.25) is 0 Å². The Morgan fingerprint density at radius 2 is 1.73 bits per heavy atom. The maximum atomic E-state index is 11.9. The highest BCUT2D eigenvalue weighted by Crippen LogP contribution is 2.19. The van der Waals surface area contributed by atoms with Crippen molar-refractivity contribution in [3.8, 4) is 11.5 Å². The fourth-order valence-corrected chi connectivity index (χ4v) is 2.08. The second-order valence-corrected chi connectivity index (χ2v) is 4.76. The molecule has 0 atom stereocenters. The van der Waals surface area contributed by atoms with E-state index in [0.29, 0.717) is 6.61 Å². The zero-order valence-corrected chi connectivity index (χ0v) is 13.0. The van der Waals surface area contributed by atoms with Crippen molar-refractivity contribution in [1.82, 2.24) is 0 Å². The maximum Gasteiger partial charge on any atom is 0.262 e. The Morgan fingerprint density at radius 3 is 2.41 bits per heavy atom. The molecular formula is C18H21NO3. The summed E-state index contributed by atoms with van der Waals surface area (Å²) in [6.45, 7) is 4.60. The lowest BCUT2D eigenvalue weighted by molar-refractivity contribution is -0.118. The van der Waals surface area contributed by atoms with Gasteiger partial charge in [-0.1, -0.05) is 25.1 Å². The fraction of sp³-hybridized carbons (Fsp3) is 0.278. The average molecular weight is 299 g/mol. The van der Waals surface area contributed by atoms with Crippen LogP contribution in [0.3, 0.4) is 0 Å². The number of para-hydroxylation sites is 1. The molecule has 0 saturated carbocycles. The number of carbonyl (C=O) groups excluding carboxylic acids is 1. The number of amides is 1. The van der Waals surface area contributed by atoms with Gasteiger partial charge in [-0.2, -0.15) is 0 Å². The SMILES string of the molecule is CCOc1ccc(NC(=O)COc2ccccc2CC)cc1. The molecule has 0 spiro atoms. The van der Waals surface area contributed by atoms with Crippen molar-refractivity contribution >= 4 is 11.6 Å². The Hall–Kier alpha value is -2.49. The summed E-state index contributed by atoms with van der Waals surface area (Å²) in [7, 11) is 0. The quantitative estimate of drug-likeness (QED) is 0.848. The molecule has 1 amide bonds. The molecule has 0 fully saturated rings. The highest BCUT2D eigenvalue weighted by molar-refractivity contribution is 5.91. The first-order chi connectivity index (χ1) is 10.7. The van der Waals surface area contributed by atoms with Gasteiger partial charge in [0.2, 0.25) is 0 Å². The molecule has 0 unspecified atom stereocenters. The van der Waals surface area contributed by atoms with Crippen LogP contribution in [0.25, 0.3) is 0 Å². The summed E-state index contributed by atoms with van der Waals surface area (Å²) in [5, 5.41) is 2.80. The van der Waals surface area contributed by atoms with Crippen molar-refractivity contribution in [2.24, 2.45) is 0 Å². The maximum absolute atomic E-state index is 11.9. The van der Waals surface area contributed by atoms with Crippen LogP contribution in [0.4, 0.5) is 5.69 Å². The minimum Gasteiger partial charge on any atom is -0.494 e. The summed E-state index contributed by atoms with van der Waals surface area (Å²) >= 11 is 0. The summed E-state index contributed by atoms with van der Waals surface area (Å²) in [5.74, 6) is 1.36. The molecule has 0 aromatic heterocycles. The molecule has 2 rings (SSSR count). The first-order valence-corrected chi connectivity index (χ1v) is 7.46. The number of carbonyl (C=O) groups is 1. The van der Waals surface area contributed by atoms with E-state index in [2.05, 4.69) is 12.2 Å². The second-order valence-electron chi connectivity index (χ2n) is 4.76. The van der Waals surface area contributed by atoms with Crippen molar-refractivity contribution in [2.75, 3.05) is 18.5 Å². The van der Waals surface area contributed by atoms with Gasteiger partial charge in [-0.05, 0) is 49.2 Å². The Kier molecular flexibility index (Phi) is 5.83. The number of hydrogen-bond acceptors (Lipinski definition) is 3. The average Bonchev–Trinajstić information content (AvgIpc) is 2.55. The molecule has 0 saturated heterocycles. The lowest BCUT2D eigenvalue weighted by Crippen LogP contribution is -2.20. The zero-order chi connectivity index (χ0) is 15.8. The first kappa shape index (κ1) is 15.9. The van der Waals surface area contributed by atoms with Crippen molar-refractivity contribution in [2.45, 2.75) is 20.3 Å². The lowest BCUT2D eigenvalue weighted by atomic mass is 10.1. The van der Waals surface area contributed by atoms with Gasteiger partial charge in [0.1, 0.15) is 11.5 Å². The van der Waals surface area contributed by atoms with Crippen molar-refractivity contribution in [1.29, 1.82) is 0 Å². The van der Waals surface area contributed by atoms with Crippen LogP contribution in [0.1, 0.15) is 19.4 Å². The van der Waals surface area contributed by atoms with Crippen molar-refractivity contribution < 1.29 is 14.3 Å². The summed E-state index contributed by atoms with van der Waals surface area (Å²) in [4.78, 5) is 11.9. The molecule has 4 heteroatoms. The number of anilines is 1. The number of aryl methyl sites for hydroxylation is 1. The van der Waals surface area contributed by atoms with E-state index in [0.717, 1.165) is 29.2 Å². The first-order valence-electron chi connectivity index (χ1n) is 7.46. The number of rotatable bonds is 7. The Labute approximate surface area is 131 Å². The summed E-state index contributed by atoms with van der Waals surface area (Å²) in [6.07, 6.45) is 0.872. The molecule has 0 radical (unpaired) electrons. The summed E-state index contributed by atoms with van der Waals surface area (Å²) in [6, 6.07) is 15.0. The molecule has 0 aliphatic heterocycles. The summed E-state index contributed by atoms with van der Waals surface area (Å²) in [5.41, 5.74) is 1.82. The molecule has 116 valence electrons. The molecule has 4 nitrogen and oxygen atoms in total. The van der Waals surface area contributed by atoms with E-state index >= 15 is 0 Å². The van der Waals surface area contributed by atoms with Gasteiger partial charge in [-0.25, -0.2) is 0 Å². The van der Waals surface area contributed by atoms with E-state index in [4.69, 9.17) is 9.47 Å². The van der Waals surface area contributed by atoms with Crippen molar-refractivity contribution in [3.05, 3.63) is 54.1 Å². The van der Waals surface area contributed by atoms with Crippen LogP contribution in [0, 0.1) is 0 Å². The molecule has 2 aromatic carbocycles. The monoisotopic (exact) mass is 299 g/mol. The van der Waals surface area contributed by atoms with Gasteiger partial charge in [0, 0.05) is 5.69 Å². The largest absolute Gasteiger partial charge is 0.494 e. The molecule has 1 N–H and O–H groups in total. The van der Waals surface area contributed by atoms with Crippen molar-refractivity contribution in [3.63, 3.8) is 0 Å². The van der Waals surface area contributed by atoms with E-state index in [1.165, 1.54) is 0 Å². The van der Waals surface area contributed by atoms with Crippen LogP contribution in [0.5, 0.6) is 11.5 Å². The summed E-state index contributed by atoms with van der Waals surface area (Å²) < 4.78 is 10.9. The molecule has 0 aliphatic carbocycles. The highest BCUT2D eigenvalue weighted by Gasteiger charge is 2.06. The number of hydrogen-bond donors (Lipinski definition) is 1. The smallest absolute Gasteiger partial charge is 0.262 e. The predicted octanol–water partition coefficient (Wildman–Crippen LogP) is 3.67. The van der Waals surface area contributed by atoms with Crippen LogP contribution in [0.15, 0.2) is 48.5 Å². The van der Waals surface area contributed by atoms with Crippen LogP contribution < -0.4 is 14.8 Å².